The zero-order valence-corrected chi connectivity index (χ0v) is 14.7. The summed E-state index contributed by atoms with van der Waals surface area (Å²) in [4.78, 5) is 0. The van der Waals surface area contributed by atoms with E-state index in [2.05, 4.69) is 18.2 Å². The molecule has 0 saturated carbocycles. The minimum atomic E-state index is -1.47. The van der Waals surface area contributed by atoms with Crippen molar-refractivity contribution in [3.05, 3.63) is 89.5 Å². The lowest BCUT2D eigenvalue weighted by Crippen LogP contribution is -2.58. The van der Waals surface area contributed by atoms with Gasteiger partial charge in [0, 0.05) is 7.11 Å². The Labute approximate surface area is 153 Å². The first kappa shape index (κ1) is 17.0. The van der Waals surface area contributed by atoms with Gasteiger partial charge >= 0.3 is 0 Å². The van der Waals surface area contributed by atoms with Crippen LogP contribution in [-0.4, -0.2) is 36.1 Å². The van der Waals surface area contributed by atoms with Crippen LogP contribution in [0.1, 0.15) is 16.7 Å². The van der Waals surface area contributed by atoms with E-state index in [1.165, 1.54) is 0 Å². The van der Waals surface area contributed by atoms with Crippen molar-refractivity contribution < 1.29 is 14.9 Å². The van der Waals surface area contributed by atoms with Gasteiger partial charge in [-0.25, -0.2) is 0 Å². The number of rotatable bonds is 4. The molecule has 4 rings (SSSR count). The van der Waals surface area contributed by atoms with Gasteiger partial charge in [-0.15, -0.1) is 0 Å². The van der Waals surface area contributed by atoms with Crippen LogP contribution < -0.4 is 0 Å². The van der Waals surface area contributed by atoms with E-state index in [0.717, 1.165) is 27.5 Å². The SMILES string of the molecule is COC[C@@]1(c2cccc3ccccc23)c2ccccc2C=CC1(O)CO. The van der Waals surface area contributed by atoms with E-state index >= 15 is 0 Å². The summed E-state index contributed by atoms with van der Waals surface area (Å²) in [5, 5.41) is 23.9. The minimum Gasteiger partial charge on any atom is -0.393 e. The number of hydrogen-bond donors (Lipinski definition) is 2. The van der Waals surface area contributed by atoms with E-state index in [-0.39, 0.29) is 6.61 Å². The Morgan fingerprint density at radius 2 is 1.58 bits per heavy atom. The van der Waals surface area contributed by atoms with Gasteiger partial charge in [-0.05, 0) is 33.5 Å². The summed E-state index contributed by atoms with van der Waals surface area (Å²) in [6, 6.07) is 22.2. The molecule has 0 spiro atoms. The van der Waals surface area contributed by atoms with Gasteiger partial charge in [-0.1, -0.05) is 72.8 Å². The summed E-state index contributed by atoms with van der Waals surface area (Å²) >= 11 is 0. The molecular weight excluding hydrogens is 324 g/mol. The molecule has 3 aromatic carbocycles. The van der Waals surface area contributed by atoms with Crippen molar-refractivity contribution in [1.82, 2.24) is 0 Å². The van der Waals surface area contributed by atoms with Crippen molar-refractivity contribution in [3.63, 3.8) is 0 Å². The molecule has 1 aliphatic carbocycles. The molecule has 2 atom stereocenters. The summed E-state index contributed by atoms with van der Waals surface area (Å²) in [5.74, 6) is 0. The van der Waals surface area contributed by atoms with Crippen molar-refractivity contribution in [3.8, 4) is 0 Å². The summed E-state index contributed by atoms with van der Waals surface area (Å²) in [5.41, 5.74) is 0.545. The van der Waals surface area contributed by atoms with Crippen LogP contribution in [0.15, 0.2) is 72.8 Å². The maximum Gasteiger partial charge on any atom is 0.122 e. The molecule has 26 heavy (non-hydrogen) atoms. The molecule has 0 fully saturated rings. The van der Waals surface area contributed by atoms with Crippen LogP contribution in [0.25, 0.3) is 16.8 Å². The molecular formula is C23H22O3. The lowest BCUT2D eigenvalue weighted by molar-refractivity contribution is -0.0517. The molecule has 2 N–H and O–H groups in total. The van der Waals surface area contributed by atoms with Gasteiger partial charge in [0.15, 0.2) is 0 Å². The highest BCUT2D eigenvalue weighted by molar-refractivity contribution is 5.88. The number of aliphatic hydroxyl groups is 2. The van der Waals surface area contributed by atoms with Crippen LogP contribution >= 0.6 is 0 Å². The molecule has 0 saturated heterocycles. The standard InChI is InChI=1S/C23H22O3/c1-26-16-23(21-12-6-9-17-7-2-4-10-19(17)21)20-11-5-3-8-18(20)13-14-22(23,25)15-24/h2-14,24-25H,15-16H2,1H3/t22?,23-/m0/s1. The third kappa shape index (κ3) is 2.25. The average molecular weight is 346 g/mol. The molecule has 1 aliphatic rings. The third-order valence-corrected chi connectivity index (χ3v) is 5.55. The van der Waals surface area contributed by atoms with Crippen LogP contribution in [-0.2, 0) is 10.2 Å². The number of ether oxygens (including phenoxy) is 1. The number of hydrogen-bond acceptors (Lipinski definition) is 3. The van der Waals surface area contributed by atoms with Gasteiger partial charge in [-0.2, -0.15) is 0 Å². The highest BCUT2D eigenvalue weighted by atomic mass is 16.5. The topological polar surface area (TPSA) is 49.7 Å². The number of aliphatic hydroxyl groups excluding tert-OH is 1. The quantitative estimate of drug-likeness (QED) is 0.760. The zero-order chi connectivity index (χ0) is 18.2. The molecule has 0 aromatic heterocycles. The molecule has 3 heteroatoms. The Hall–Kier alpha value is -2.46. The lowest BCUT2D eigenvalue weighted by atomic mass is 9.59. The van der Waals surface area contributed by atoms with Gasteiger partial charge < -0.3 is 14.9 Å². The van der Waals surface area contributed by atoms with Gasteiger partial charge in [0.25, 0.3) is 0 Å². The maximum absolute atomic E-state index is 11.6. The van der Waals surface area contributed by atoms with E-state index in [9.17, 15) is 10.2 Å². The molecule has 0 heterocycles. The Bertz CT molecular complexity index is 973. The number of benzene rings is 3. The summed E-state index contributed by atoms with van der Waals surface area (Å²) in [7, 11) is 1.63. The first-order valence-electron chi connectivity index (χ1n) is 8.75. The van der Waals surface area contributed by atoms with Crippen molar-refractivity contribution in [1.29, 1.82) is 0 Å². The summed E-state index contributed by atoms with van der Waals surface area (Å²) < 4.78 is 5.64. The Morgan fingerprint density at radius 3 is 2.38 bits per heavy atom. The van der Waals surface area contributed by atoms with E-state index in [4.69, 9.17) is 4.74 Å². The first-order valence-corrected chi connectivity index (χ1v) is 8.75. The summed E-state index contributed by atoms with van der Waals surface area (Å²) in [6.45, 7) is -0.149. The third-order valence-electron chi connectivity index (χ3n) is 5.55. The molecule has 0 aliphatic heterocycles. The molecule has 0 bridgehead atoms. The van der Waals surface area contributed by atoms with E-state index in [0.29, 0.717) is 0 Å². The molecule has 3 aromatic rings. The number of fused-ring (bicyclic) bond motifs is 2. The number of methoxy groups -OCH3 is 1. The highest BCUT2D eigenvalue weighted by Crippen LogP contribution is 2.49. The van der Waals surface area contributed by atoms with Crippen molar-refractivity contribution in [2.75, 3.05) is 20.3 Å². The van der Waals surface area contributed by atoms with Crippen molar-refractivity contribution >= 4 is 16.8 Å². The second kappa shape index (κ2) is 6.36. The fraction of sp³-hybridized carbons (Fsp3) is 0.217. The fourth-order valence-electron chi connectivity index (χ4n) is 4.29. The van der Waals surface area contributed by atoms with Crippen LogP contribution in [0.2, 0.25) is 0 Å². The second-order valence-electron chi connectivity index (χ2n) is 6.87. The van der Waals surface area contributed by atoms with E-state index < -0.39 is 17.6 Å². The lowest BCUT2D eigenvalue weighted by Gasteiger charge is -2.48. The average Bonchev–Trinajstić information content (AvgIpc) is 2.70. The maximum atomic E-state index is 11.6. The van der Waals surface area contributed by atoms with Crippen molar-refractivity contribution in [2.45, 2.75) is 11.0 Å². The molecule has 1 unspecified atom stereocenters. The van der Waals surface area contributed by atoms with Gasteiger partial charge in [0.2, 0.25) is 0 Å². The van der Waals surface area contributed by atoms with Crippen molar-refractivity contribution in [2.24, 2.45) is 0 Å². The van der Waals surface area contributed by atoms with Gasteiger partial charge in [0.1, 0.15) is 5.60 Å². The minimum absolute atomic E-state index is 0.249. The van der Waals surface area contributed by atoms with Crippen LogP contribution in [0.4, 0.5) is 0 Å². The second-order valence-corrected chi connectivity index (χ2v) is 6.87. The largest absolute Gasteiger partial charge is 0.393 e. The van der Waals surface area contributed by atoms with Gasteiger partial charge in [0.05, 0.1) is 18.6 Å². The molecule has 0 amide bonds. The fourth-order valence-corrected chi connectivity index (χ4v) is 4.29. The predicted molar refractivity (Wildman–Crippen MR) is 104 cm³/mol. The Balaban J connectivity index is 2.14. The normalized spacial score (nSPS) is 24.6. The monoisotopic (exact) mass is 346 g/mol. The van der Waals surface area contributed by atoms with E-state index in [1.807, 2.05) is 54.6 Å². The van der Waals surface area contributed by atoms with Crippen LogP contribution in [0.3, 0.4) is 0 Å². The first-order chi connectivity index (χ1) is 12.7. The van der Waals surface area contributed by atoms with Crippen LogP contribution in [0.5, 0.6) is 0 Å². The Kier molecular flexibility index (Phi) is 4.16. The molecule has 0 radical (unpaired) electrons. The molecule has 132 valence electrons. The predicted octanol–water partition coefficient (Wildman–Crippen LogP) is 3.52. The zero-order valence-electron chi connectivity index (χ0n) is 14.7. The highest BCUT2D eigenvalue weighted by Gasteiger charge is 2.54. The van der Waals surface area contributed by atoms with Gasteiger partial charge in [-0.3, -0.25) is 0 Å². The van der Waals surface area contributed by atoms with E-state index in [1.54, 1.807) is 13.2 Å². The molecule has 3 nitrogen and oxygen atoms in total. The summed E-state index contributed by atoms with van der Waals surface area (Å²) in [6.07, 6.45) is 3.58. The van der Waals surface area contributed by atoms with Crippen LogP contribution in [0, 0.1) is 0 Å². The Morgan fingerprint density at radius 1 is 0.885 bits per heavy atom. The smallest absolute Gasteiger partial charge is 0.122 e.